The molecule has 0 radical (unpaired) electrons. The van der Waals surface area contributed by atoms with Gasteiger partial charge in [-0.1, -0.05) is 103 Å². The van der Waals surface area contributed by atoms with Crippen molar-refractivity contribution in [1.82, 2.24) is 10.2 Å². The van der Waals surface area contributed by atoms with Gasteiger partial charge < -0.3 is 10.2 Å². The first-order chi connectivity index (χ1) is 22.0. The number of benzene rings is 4. The Kier molecular flexibility index (Phi) is 12.3. The van der Waals surface area contributed by atoms with Gasteiger partial charge in [-0.25, -0.2) is 8.42 Å². The molecule has 0 saturated heterocycles. The molecule has 0 aliphatic heterocycles. The maximum Gasteiger partial charge on any atom is 0.264 e. The number of unbranched alkanes of at least 4 members (excludes halogenated alkanes) is 1. The monoisotopic (exact) mass is 679 g/mol. The van der Waals surface area contributed by atoms with Gasteiger partial charge in [0.25, 0.3) is 10.0 Å². The molecule has 0 heterocycles. The highest BCUT2D eigenvalue weighted by atomic mass is 35.5. The highest BCUT2D eigenvalue weighted by molar-refractivity contribution is 7.92. The normalized spacial score (nSPS) is 11.9. The Balaban J connectivity index is 1.85. The fourth-order valence-corrected chi connectivity index (χ4v) is 7.16. The topological polar surface area (TPSA) is 86.8 Å². The number of carbonyl (C=O) groups is 2. The van der Waals surface area contributed by atoms with Crippen LogP contribution in [0.3, 0.4) is 0 Å². The van der Waals surface area contributed by atoms with Crippen LogP contribution >= 0.6 is 23.2 Å². The summed E-state index contributed by atoms with van der Waals surface area (Å²) in [6.45, 7) is 5.50. The van der Waals surface area contributed by atoms with Crippen molar-refractivity contribution in [3.8, 4) is 0 Å². The van der Waals surface area contributed by atoms with E-state index >= 15 is 0 Å². The second-order valence-electron chi connectivity index (χ2n) is 11.1. The quantitative estimate of drug-likeness (QED) is 0.141. The van der Waals surface area contributed by atoms with Crippen LogP contribution in [0.2, 0.25) is 10.0 Å². The zero-order valence-electron chi connectivity index (χ0n) is 26.2. The Hall–Kier alpha value is -3.85. The van der Waals surface area contributed by atoms with Gasteiger partial charge in [-0.05, 0) is 67.3 Å². The third kappa shape index (κ3) is 8.49. The molecule has 0 aliphatic carbocycles. The van der Waals surface area contributed by atoms with Gasteiger partial charge in [0.2, 0.25) is 11.8 Å². The van der Waals surface area contributed by atoms with E-state index in [0.717, 1.165) is 28.3 Å². The number of nitrogens with zero attached hydrogens (tertiary/aromatic N) is 2. The van der Waals surface area contributed by atoms with E-state index in [1.807, 2.05) is 57.2 Å². The number of hydrogen-bond donors (Lipinski definition) is 1. The molecule has 4 aromatic rings. The number of halogens is 2. The highest BCUT2D eigenvalue weighted by Crippen LogP contribution is 2.31. The van der Waals surface area contributed by atoms with Crippen LogP contribution in [0.1, 0.15) is 42.0 Å². The summed E-state index contributed by atoms with van der Waals surface area (Å²) >= 11 is 13.2. The van der Waals surface area contributed by atoms with Gasteiger partial charge in [0.15, 0.2) is 0 Å². The molecule has 4 aromatic carbocycles. The summed E-state index contributed by atoms with van der Waals surface area (Å²) < 4.78 is 29.6. The van der Waals surface area contributed by atoms with Crippen LogP contribution < -0.4 is 9.62 Å². The van der Waals surface area contributed by atoms with Crippen molar-refractivity contribution in [2.75, 3.05) is 17.4 Å². The molecule has 7 nitrogen and oxygen atoms in total. The molecule has 4 rings (SSSR count). The van der Waals surface area contributed by atoms with Gasteiger partial charge >= 0.3 is 0 Å². The van der Waals surface area contributed by atoms with E-state index in [9.17, 15) is 18.0 Å². The Bertz CT molecular complexity index is 1730. The molecule has 1 N–H and O–H groups in total. The van der Waals surface area contributed by atoms with Crippen LogP contribution in [0, 0.1) is 13.8 Å². The molecule has 0 unspecified atom stereocenters. The number of aryl methyl sites for hydroxylation is 1. The van der Waals surface area contributed by atoms with Crippen molar-refractivity contribution in [3.05, 3.63) is 129 Å². The van der Waals surface area contributed by atoms with E-state index < -0.39 is 28.5 Å². The van der Waals surface area contributed by atoms with Crippen molar-refractivity contribution in [2.45, 2.75) is 57.5 Å². The van der Waals surface area contributed by atoms with Gasteiger partial charge in [0.05, 0.1) is 10.6 Å². The molecule has 46 heavy (non-hydrogen) atoms. The number of nitrogens with one attached hydrogen (secondary N) is 1. The maximum atomic E-state index is 14.6. The van der Waals surface area contributed by atoms with Gasteiger partial charge in [-0.2, -0.15) is 0 Å². The van der Waals surface area contributed by atoms with Gasteiger partial charge in [0, 0.05) is 35.1 Å². The molecular weight excluding hydrogens is 641 g/mol. The first-order valence-electron chi connectivity index (χ1n) is 15.2. The van der Waals surface area contributed by atoms with E-state index in [0.29, 0.717) is 33.4 Å². The van der Waals surface area contributed by atoms with Crippen LogP contribution in [-0.2, 0) is 32.6 Å². The van der Waals surface area contributed by atoms with Crippen molar-refractivity contribution >= 4 is 50.7 Å². The number of carbonyl (C=O) groups excluding carboxylic acids is 2. The van der Waals surface area contributed by atoms with Crippen LogP contribution in [0.5, 0.6) is 0 Å². The lowest BCUT2D eigenvalue weighted by Gasteiger charge is -2.34. The van der Waals surface area contributed by atoms with Crippen molar-refractivity contribution in [2.24, 2.45) is 0 Å². The average Bonchev–Trinajstić information content (AvgIpc) is 3.05. The Morgan fingerprint density at radius 1 is 0.826 bits per heavy atom. The SMILES string of the molecule is CCCCNC(=O)[C@@H](Cc1ccccc1)N(Cc1c(Cl)cccc1Cl)C(=O)CN(c1cccc(C)c1C)S(=O)(=O)c1ccccc1. The fraction of sp³-hybridized carbons (Fsp3) is 0.278. The second-order valence-corrected chi connectivity index (χ2v) is 13.8. The lowest BCUT2D eigenvalue weighted by Crippen LogP contribution is -2.53. The summed E-state index contributed by atoms with van der Waals surface area (Å²) in [6, 6.07) is 26.8. The zero-order valence-corrected chi connectivity index (χ0v) is 28.6. The highest BCUT2D eigenvalue weighted by Gasteiger charge is 2.35. The van der Waals surface area contributed by atoms with Crippen LogP contribution in [0.25, 0.3) is 0 Å². The smallest absolute Gasteiger partial charge is 0.264 e. The first kappa shape index (κ1) is 35.0. The Morgan fingerprint density at radius 3 is 2.07 bits per heavy atom. The molecule has 1 atom stereocenters. The fourth-order valence-electron chi connectivity index (χ4n) is 5.15. The molecule has 10 heteroatoms. The maximum absolute atomic E-state index is 14.6. The summed E-state index contributed by atoms with van der Waals surface area (Å²) in [6.07, 6.45) is 1.84. The minimum Gasteiger partial charge on any atom is -0.354 e. The average molecular weight is 681 g/mol. The Morgan fingerprint density at radius 2 is 1.43 bits per heavy atom. The molecule has 2 amide bonds. The van der Waals surface area contributed by atoms with Crippen LogP contribution in [-0.4, -0.2) is 44.3 Å². The van der Waals surface area contributed by atoms with Crippen molar-refractivity contribution in [3.63, 3.8) is 0 Å². The standard InChI is InChI=1S/C36H39Cl2N3O4S/c1-4-5-22-39-36(43)34(23-28-15-8-6-9-16-28)40(24-30-31(37)19-13-20-32(30)38)35(42)25-41(33-21-12-14-26(2)27(33)3)46(44,45)29-17-10-7-11-18-29/h6-21,34H,4-5,22-25H2,1-3H3,(H,39,43)/t34-/m1/s1. The number of anilines is 1. The first-order valence-corrected chi connectivity index (χ1v) is 17.4. The third-order valence-corrected chi connectivity index (χ3v) is 10.4. The number of hydrogen-bond acceptors (Lipinski definition) is 4. The van der Waals surface area contributed by atoms with Gasteiger partial charge in [0.1, 0.15) is 12.6 Å². The molecule has 0 spiro atoms. The number of rotatable bonds is 14. The van der Waals surface area contributed by atoms with E-state index in [2.05, 4.69) is 5.32 Å². The second kappa shape index (κ2) is 16.1. The van der Waals surface area contributed by atoms with E-state index in [4.69, 9.17) is 23.2 Å². The summed E-state index contributed by atoms with van der Waals surface area (Å²) in [5, 5.41) is 3.65. The van der Waals surface area contributed by atoms with Crippen LogP contribution in [0.4, 0.5) is 5.69 Å². The van der Waals surface area contributed by atoms with Crippen LogP contribution in [0.15, 0.2) is 102 Å². The summed E-state index contributed by atoms with van der Waals surface area (Å²) in [4.78, 5) is 30.0. The minimum atomic E-state index is -4.20. The molecule has 0 aliphatic rings. The summed E-state index contributed by atoms with van der Waals surface area (Å²) in [7, 11) is -4.20. The summed E-state index contributed by atoms with van der Waals surface area (Å²) in [5.74, 6) is -0.930. The number of sulfonamides is 1. The van der Waals surface area contributed by atoms with Gasteiger partial charge in [-0.15, -0.1) is 0 Å². The largest absolute Gasteiger partial charge is 0.354 e. The van der Waals surface area contributed by atoms with Gasteiger partial charge in [-0.3, -0.25) is 13.9 Å². The molecule has 0 saturated carbocycles. The number of amides is 2. The predicted octanol–water partition coefficient (Wildman–Crippen LogP) is 7.36. The molecule has 242 valence electrons. The summed E-state index contributed by atoms with van der Waals surface area (Å²) in [5.41, 5.74) is 3.26. The molecule has 0 aromatic heterocycles. The molecular formula is C36H39Cl2N3O4S. The predicted molar refractivity (Wildman–Crippen MR) is 186 cm³/mol. The molecule has 0 fully saturated rings. The van der Waals surface area contributed by atoms with Crippen molar-refractivity contribution in [1.29, 1.82) is 0 Å². The lowest BCUT2D eigenvalue weighted by molar-refractivity contribution is -0.140. The molecule has 0 bridgehead atoms. The Labute approximate surface area is 282 Å². The van der Waals surface area contributed by atoms with Crippen molar-refractivity contribution < 1.29 is 18.0 Å². The third-order valence-electron chi connectivity index (χ3n) is 7.95. The van der Waals surface area contributed by atoms with E-state index in [1.54, 1.807) is 48.5 Å². The lowest BCUT2D eigenvalue weighted by atomic mass is 10.0. The zero-order chi connectivity index (χ0) is 33.3. The van der Waals surface area contributed by atoms with E-state index in [-0.39, 0.29) is 23.8 Å². The minimum absolute atomic E-state index is 0.0440. The van der Waals surface area contributed by atoms with E-state index in [1.165, 1.54) is 17.0 Å².